The van der Waals surface area contributed by atoms with Gasteiger partial charge in [0.1, 0.15) is 23.5 Å². The molecule has 49 heavy (non-hydrogen) atoms. The fourth-order valence-electron chi connectivity index (χ4n) is 5.98. The number of methoxy groups -OCH3 is 1. The number of hydrogen-bond acceptors (Lipinski definition) is 9. The number of hydrogen-bond donors (Lipinski definition) is 4. The molecule has 0 saturated carbocycles. The van der Waals surface area contributed by atoms with Crippen molar-refractivity contribution in [3.8, 4) is 34.5 Å². The monoisotopic (exact) mass is 667 g/mol. The molecule has 0 radical (unpaired) electrons. The van der Waals surface area contributed by atoms with Crippen molar-refractivity contribution in [3.05, 3.63) is 89.3 Å². The summed E-state index contributed by atoms with van der Waals surface area (Å²) in [4.78, 5) is 59.4. The van der Waals surface area contributed by atoms with Crippen LogP contribution in [0.3, 0.4) is 0 Å². The molecular formula is C36H37N5O8. The summed E-state index contributed by atoms with van der Waals surface area (Å²) in [5.41, 5.74) is 2.25. The van der Waals surface area contributed by atoms with Gasteiger partial charge in [0.15, 0.2) is 23.0 Å². The zero-order valence-corrected chi connectivity index (χ0v) is 27.3. The number of aromatic nitrogens is 1. The van der Waals surface area contributed by atoms with Crippen LogP contribution < -0.4 is 25.4 Å². The average molecular weight is 668 g/mol. The molecule has 13 nitrogen and oxygen atoms in total. The minimum atomic E-state index is -0.946. The number of benzene rings is 3. The first-order valence-electron chi connectivity index (χ1n) is 16.0. The lowest BCUT2D eigenvalue weighted by atomic mass is 10.1. The van der Waals surface area contributed by atoms with Crippen LogP contribution >= 0.6 is 0 Å². The Morgan fingerprint density at radius 2 is 1.84 bits per heavy atom. The molecule has 1 fully saturated rings. The number of oxazole rings is 1. The highest BCUT2D eigenvalue weighted by Gasteiger charge is 2.41. The molecule has 1 aromatic heterocycles. The summed E-state index contributed by atoms with van der Waals surface area (Å²) in [6.45, 7) is 3.40. The summed E-state index contributed by atoms with van der Waals surface area (Å²) in [5.74, 6) is -0.0164. The van der Waals surface area contributed by atoms with E-state index in [9.17, 15) is 24.3 Å². The van der Waals surface area contributed by atoms with Crippen LogP contribution in [0.25, 0.3) is 11.5 Å². The summed E-state index contributed by atoms with van der Waals surface area (Å²) in [6, 6.07) is 16.2. The molecule has 4 amide bonds. The van der Waals surface area contributed by atoms with Gasteiger partial charge in [0.25, 0.3) is 5.91 Å². The van der Waals surface area contributed by atoms with E-state index in [1.807, 2.05) is 6.07 Å². The number of carbonyl (C=O) groups is 4. The van der Waals surface area contributed by atoms with Crippen LogP contribution in [0.5, 0.6) is 23.0 Å². The number of fused-ring (bicyclic) bond motifs is 9. The standard InChI is InChI=1S/C36H37N5O8/c1-20-36(46)41-19-25(39-33(44)23-7-5-4-6-8-23)17-27(41)34(45)37-18-26-21(2)48-35(40-26)24-11-13-29(31(16-24)47-3)49-30-15-22(9-12-28(30)42)10-14-32(43)38-20/h4-9,11-13,15-16,20,25,27,42H,10,14,17-19H2,1-3H3,(H,37,45)(H,38,43)(H,39,44)/t20-,25+,27+/m1/s1. The Kier molecular flexibility index (Phi) is 9.51. The Balaban J connectivity index is 1.30. The predicted octanol–water partition coefficient (Wildman–Crippen LogP) is 3.62. The molecule has 6 bridgehead atoms. The highest BCUT2D eigenvalue weighted by molar-refractivity contribution is 5.95. The Hall–Kier alpha value is -5.85. The van der Waals surface area contributed by atoms with Gasteiger partial charge in [-0.05, 0) is 74.7 Å². The lowest BCUT2D eigenvalue weighted by Gasteiger charge is -2.27. The number of phenolic OH excluding ortho intramolecular Hbond substituents is 1. The molecule has 3 aliphatic heterocycles. The van der Waals surface area contributed by atoms with Crippen LogP contribution in [0.1, 0.15) is 47.1 Å². The van der Waals surface area contributed by atoms with E-state index in [1.165, 1.54) is 18.1 Å². The van der Waals surface area contributed by atoms with Gasteiger partial charge in [-0.15, -0.1) is 0 Å². The second-order valence-corrected chi connectivity index (χ2v) is 12.1. The number of carbonyl (C=O) groups excluding carboxylic acids is 4. The Morgan fingerprint density at radius 3 is 2.61 bits per heavy atom. The van der Waals surface area contributed by atoms with Crippen molar-refractivity contribution >= 4 is 23.6 Å². The number of rotatable bonds is 3. The summed E-state index contributed by atoms with van der Waals surface area (Å²) < 4.78 is 17.5. The molecule has 4 heterocycles. The van der Waals surface area contributed by atoms with E-state index in [4.69, 9.17) is 13.9 Å². The van der Waals surface area contributed by atoms with Crippen molar-refractivity contribution in [1.29, 1.82) is 0 Å². The molecule has 3 aliphatic rings. The number of nitrogens with zero attached hydrogens (tertiary/aromatic N) is 2. The number of aryl methyl sites for hydroxylation is 2. The maximum Gasteiger partial charge on any atom is 0.251 e. The van der Waals surface area contributed by atoms with Crippen molar-refractivity contribution < 1.29 is 38.2 Å². The van der Waals surface area contributed by atoms with Crippen LogP contribution in [-0.4, -0.2) is 70.4 Å². The van der Waals surface area contributed by atoms with Gasteiger partial charge in [0, 0.05) is 30.1 Å². The molecule has 7 rings (SSSR count). The third-order valence-electron chi connectivity index (χ3n) is 8.62. The molecule has 3 atom stereocenters. The molecule has 4 aromatic rings. The van der Waals surface area contributed by atoms with Gasteiger partial charge in [-0.1, -0.05) is 24.3 Å². The summed E-state index contributed by atoms with van der Waals surface area (Å²) in [7, 11) is 1.49. The number of nitrogens with one attached hydrogen (secondary N) is 3. The second-order valence-electron chi connectivity index (χ2n) is 12.1. The van der Waals surface area contributed by atoms with Crippen LogP contribution in [-0.2, 0) is 27.3 Å². The second kappa shape index (κ2) is 14.1. The normalized spacial score (nSPS) is 19.9. The Bertz CT molecular complexity index is 1890. The Labute approximate surface area is 282 Å². The number of aromatic hydroxyl groups is 1. The summed E-state index contributed by atoms with van der Waals surface area (Å²) >= 11 is 0. The van der Waals surface area contributed by atoms with Crippen molar-refractivity contribution in [2.75, 3.05) is 13.7 Å². The van der Waals surface area contributed by atoms with E-state index >= 15 is 0 Å². The van der Waals surface area contributed by atoms with Gasteiger partial charge < -0.3 is 39.8 Å². The highest BCUT2D eigenvalue weighted by Crippen LogP contribution is 2.39. The topological polar surface area (TPSA) is 172 Å². The molecule has 3 aromatic carbocycles. The first-order chi connectivity index (χ1) is 23.6. The van der Waals surface area contributed by atoms with Crippen LogP contribution in [0.15, 0.2) is 71.1 Å². The van der Waals surface area contributed by atoms with Gasteiger partial charge in [-0.3, -0.25) is 19.2 Å². The van der Waals surface area contributed by atoms with Gasteiger partial charge in [-0.25, -0.2) is 4.98 Å². The first-order valence-corrected chi connectivity index (χ1v) is 16.0. The van der Waals surface area contributed by atoms with Crippen molar-refractivity contribution in [2.24, 2.45) is 0 Å². The van der Waals surface area contributed by atoms with E-state index in [0.29, 0.717) is 46.4 Å². The molecule has 4 N–H and O–H groups in total. The molecule has 0 spiro atoms. The minimum Gasteiger partial charge on any atom is -0.504 e. The first kappa shape index (κ1) is 33.1. The van der Waals surface area contributed by atoms with Crippen molar-refractivity contribution in [1.82, 2.24) is 25.8 Å². The zero-order chi connectivity index (χ0) is 34.7. The smallest absolute Gasteiger partial charge is 0.251 e. The predicted molar refractivity (Wildman–Crippen MR) is 177 cm³/mol. The number of ether oxygens (including phenoxy) is 2. The van der Waals surface area contributed by atoms with Gasteiger partial charge >= 0.3 is 0 Å². The quantitative estimate of drug-likeness (QED) is 0.255. The summed E-state index contributed by atoms with van der Waals surface area (Å²) in [5, 5.41) is 19.1. The third kappa shape index (κ3) is 7.35. The molecule has 1 saturated heterocycles. The van der Waals surface area contributed by atoms with E-state index in [0.717, 1.165) is 5.56 Å². The minimum absolute atomic E-state index is 0.0218. The number of amides is 4. The van der Waals surface area contributed by atoms with Gasteiger partial charge in [-0.2, -0.15) is 0 Å². The average Bonchev–Trinajstić information content (AvgIpc) is 3.70. The third-order valence-corrected chi connectivity index (χ3v) is 8.62. The lowest BCUT2D eigenvalue weighted by Crippen LogP contribution is -2.52. The maximum atomic E-state index is 13.7. The van der Waals surface area contributed by atoms with Crippen LogP contribution in [0.4, 0.5) is 0 Å². The summed E-state index contributed by atoms with van der Waals surface area (Å²) in [6.07, 6.45) is 0.529. The van der Waals surface area contributed by atoms with E-state index in [2.05, 4.69) is 20.9 Å². The highest BCUT2D eigenvalue weighted by atomic mass is 16.5. The fraction of sp³-hybridized carbons (Fsp3) is 0.306. The fourth-order valence-corrected chi connectivity index (χ4v) is 5.98. The van der Waals surface area contributed by atoms with Crippen molar-refractivity contribution in [2.45, 2.75) is 57.8 Å². The zero-order valence-electron chi connectivity index (χ0n) is 27.3. The number of phenols is 1. The SMILES string of the molecule is COc1cc2ccc1Oc1cc(ccc1O)CCC(=O)N[C@H](C)C(=O)N1C[C@@H](NC(=O)c3ccccc3)C[C@H]1C(=O)NCc1nc-2oc1C. The van der Waals surface area contributed by atoms with E-state index < -0.39 is 29.9 Å². The van der Waals surface area contributed by atoms with Crippen LogP contribution in [0.2, 0.25) is 0 Å². The molecule has 0 unspecified atom stereocenters. The van der Waals surface area contributed by atoms with Gasteiger partial charge in [0.05, 0.1) is 13.7 Å². The molecule has 254 valence electrons. The molecular weight excluding hydrogens is 630 g/mol. The lowest BCUT2D eigenvalue weighted by molar-refractivity contribution is -0.141. The van der Waals surface area contributed by atoms with Crippen molar-refractivity contribution in [3.63, 3.8) is 0 Å². The largest absolute Gasteiger partial charge is 0.504 e. The van der Waals surface area contributed by atoms with Crippen LogP contribution in [0, 0.1) is 6.92 Å². The van der Waals surface area contributed by atoms with E-state index in [1.54, 1.807) is 68.4 Å². The Morgan fingerprint density at radius 1 is 1.04 bits per heavy atom. The molecule has 13 heteroatoms. The maximum absolute atomic E-state index is 13.7. The van der Waals surface area contributed by atoms with Gasteiger partial charge in [0.2, 0.25) is 23.6 Å². The van der Waals surface area contributed by atoms with E-state index in [-0.39, 0.29) is 49.2 Å². The molecule has 0 aliphatic carbocycles.